The Kier molecular flexibility index (Phi) is 7.01. The summed E-state index contributed by atoms with van der Waals surface area (Å²) >= 11 is 1.58. The summed E-state index contributed by atoms with van der Waals surface area (Å²) in [7, 11) is 0. The maximum atomic E-state index is 14.3. The first-order valence-corrected chi connectivity index (χ1v) is 14.5. The summed E-state index contributed by atoms with van der Waals surface area (Å²) in [6, 6.07) is 16.1. The summed E-state index contributed by atoms with van der Waals surface area (Å²) in [4.78, 5) is 49.4. The minimum Gasteiger partial charge on any atom is -0.357 e. The van der Waals surface area contributed by atoms with Crippen LogP contribution in [0.4, 0.5) is 0 Å². The molecule has 0 bridgehead atoms. The summed E-state index contributed by atoms with van der Waals surface area (Å²) in [5, 5.41) is 14.5. The second-order valence-electron chi connectivity index (χ2n) is 10.9. The van der Waals surface area contributed by atoms with Gasteiger partial charge in [0.2, 0.25) is 5.91 Å². The van der Waals surface area contributed by atoms with Crippen molar-refractivity contribution in [1.82, 2.24) is 20.1 Å². The van der Waals surface area contributed by atoms with E-state index in [4.69, 9.17) is 5.26 Å². The Balaban J connectivity index is 1.27. The van der Waals surface area contributed by atoms with Crippen molar-refractivity contribution in [1.29, 1.82) is 5.26 Å². The zero-order valence-corrected chi connectivity index (χ0v) is 23.2. The standard InChI is InChI=1S/C32H29N5O3S/c1-2-11-32(17-21-9-12-34-13-10-21)31(40)37(28(35-32)16-27(38)23-7-5-22(18-33)6-8-23)30-25-19-36(20-26(25)30)29(39)15-24-4-3-14-41-24/h2-10,12-14,16,25-26,30,35H,1,11,15,17,19-20H2/b28-16+. The molecule has 6 rings (SSSR count). The zero-order chi connectivity index (χ0) is 28.6. The quantitative estimate of drug-likeness (QED) is 0.242. The van der Waals surface area contributed by atoms with Crippen molar-refractivity contribution in [2.45, 2.75) is 30.8 Å². The fraction of sp³-hybridized carbons (Fsp3) is 0.281. The van der Waals surface area contributed by atoms with Crippen molar-refractivity contribution in [2.75, 3.05) is 13.1 Å². The number of carbonyl (C=O) groups is 3. The fourth-order valence-electron chi connectivity index (χ4n) is 6.20. The van der Waals surface area contributed by atoms with Crippen LogP contribution in [0.5, 0.6) is 0 Å². The molecule has 1 aromatic carbocycles. The molecule has 9 heteroatoms. The lowest BCUT2D eigenvalue weighted by atomic mass is 9.87. The molecule has 8 nitrogen and oxygen atoms in total. The number of benzene rings is 1. The molecule has 2 amide bonds. The Labute approximate surface area is 242 Å². The summed E-state index contributed by atoms with van der Waals surface area (Å²) in [6.07, 6.45) is 7.80. The molecule has 0 radical (unpaired) electrons. The zero-order valence-electron chi connectivity index (χ0n) is 22.4. The molecule has 3 unspecified atom stereocenters. The molecule has 2 saturated heterocycles. The van der Waals surface area contributed by atoms with Gasteiger partial charge in [0, 0.05) is 66.3 Å². The molecule has 3 aliphatic rings. The molecular weight excluding hydrogens is 534 g/mol. The number of amides is 2. The molecule has 3 atom stereocenters. The van der Waals surface area contributed by atoms with Crippen LogP contribution in [-0.2, 0) is 22.4 Å². The first-order valence-electron chi connectivity index (χ1n) is 13.6. The molecule has 41 heavy (non-hydrogen) atoms. The van der Waals surface area contributed by atoms with E-state index in [1.165, 1.54) is 6.08 Å². The number of piperidine rings is 1. The van der Waals surface area contributed by atoms with Crippen molar-refractivity contribution in [3.63, 3.8) is 0 Å². The number of hydrogen-bond donors (Lipinski definition) is 1. The number of thiophene rings is 1. The summed E-state index contributed by atoms with van der Waals surface area (Å²) < 4.78 is 0. The van der Waals surface area contributed by atoms with Crippen LogP contribution in [0.15, 0.2) is 90.9 Å². The number of rotatable bonds is 9. The van der Waals surface area contributed by atoms with Gasteiger partial charge >= 0.3 is 0 Å². The molecule has 2 aromatic heterocycles. The first-order chi connectivity index (χ1) is 19.9. The molecule has 3 aromatic rings. The number of nitrogens with one attached hydrogen (secondary N) is 1. The smallest absolute Gasteiger partial charge is 0.254 e. The number of fused-ring (bicyclic) bond motifs is 1. The van der Waals surface area contributed by atoms with Gasteiger partial charge in [-0.1, -0.05) is 12.1 Å². The first kappa shape index (κ1) is 26.7. The van der Waals surface area contributed by atoms with Gasteiger partial charge in [-0.3, -0.25) is 24.3 Å². The number of pyridine rings is 1. The number of nitriles is 1. The maximum absolute atomic E-state index is 14.3. The predicted molar refractivity (Wildman–Crippen MR) is 154 cm³/mol. The maximum Gasteiger partial charge on any atom is 0.254 e. The highest BCUT2D eigenvalue weighted by atomic mass is 32.1. The highest BCUT2D eigenvalue weighted by molar-refractivity contribution is 7.10. The van der Waals surface area contributed by atoms with E-state index >= 15 is 0 Å². The number of ketones is 1. The van der Waals surface area contributed by atoms with Crippen LogP contribution in [0.25, 0.3) is 0 Å². The number of carbonyl (C=O) groups excluding carboxylic acids is 3. The van der Waals surface area contributed by atoms with Crippen LogP contribution in [0.1, 0.15) is 32.8 Å². The van der Waals surface area contributed by atoms with Gasteiger partial charge < -0.3 is 10.2 Å². The van der Waals surface area contributed by atoms with Crippen LogP contribution in [0.3, 0.4) is 0 Å². The second-order valence-corrected chi connectivity index (χ2v) is 11.9. The van der Waals surface area contributed by atoms with Gasteiger partial charge in [-0.15, -0.1) is 17.9 Å². The van der Waals surface area contributed by atoms with Gasteiger partial charge in [-0.25, -0.2) is 0 Å². The lowest BCUT2D eigenvalue weighted by Gasteiger charge is -2.27. The van der Waals surface area contributed by atoms with Crippen molar-refractivity contribution >= 4 is 28.9 Å². The Hall–Kier alpha value is -4.55. The van der Waals surface area contributed by atoms with E-state index in [0.717, 1.165) is 10.4 Å². The lowest BCUT2D eigenvalue weighted by Crippen LogP contribution is -2.49. The van der Waals surface area contributed by atoms with Gasteiger partial charge in [-0.05, 0) is 59.8 Å². The minimum absolute atomic E-state index is 0.0927. The van der Waals surface area contributed by atoms with Gasteiger partial charge in [0.25, 0.3) is 5.91 Å². The van der Waals surface area contributed by atoms with Crippen molar-refractivity contribution < 1.29 is 14.4 Å². The van der Waals surface area contributed by atoms with Crippen molar-refractivity contribution in [3.8, 4) is 6.07 Å². The van der Waals surface area contributed by atoms with Gasteiger partial charge in [0.05, 0.1) is 18.1 Å². The largest absolute Gasteiger partial charge is 0.357 e. The number of hydrogen-bond acceptors (Lipinski definition) is 7. The Morgan fingerprint density at radius 2 is 1.88 bits per heavy atom. The Morgan fingerprint density at radius 1 is 1.15 bits per heavy atom. The summed E-state index contributed by atoms with van der Waals surface area (Å²) in [6.45, 7) is 5.11. The molecule has 206 valence electrons. The number of allylic oxidation sites excluding steroid dienone is 1. The van der Waals surface area contributed by atoms with Crippen LogP contribution >= 0.6 is 11.3 Å². The summed E-state index contributed by atoms with van der Waals surface area (Å²) in [5.41, 5.74) is 0.855. The Morgan fingerprint density at radius 3 is 2.51 bits per heavy atom. The number of nitrogens with zero attached hydrogens (tertiary/aromatic N) is 4. The average Bonchev–Trinajstić information content (AvgIpc) is 3.37. The monoisotopic (exact) mass is 563 g/mol. The fourth-order valence-corrected chi connectivity index (χ4v) is 6.89. The van der Waals surface area contributed by atoms with Crippen LogP contribution in [0.2, 0.25) is 0 Å². The van der Waals surface area contributed by atoms with Crippen molar-refractivity contribution in [3.05, 3.63) is 112 Å². The molecule has 4 heterocycles. The normalized spacial score (nSPS) is 25.5. The van der Waals surface area contributed by atoms with E-state index in [1.54, 1.807) is 59.0 Å². The molecule has 1 N–H and O–H groups in total. The van der Waals surface area contributed by atoms with Crippen LogP contribution in [-0.4, -0.2) is 57.1 Å². The van der Waals surface area contributed by atoms with E-state index in [9.17, 15) is 14.4 Å². The molecular formula is C32H29N5O3S. The van der Waals surface area contributed by atoms with Gasteiger partial charge in [0.1, 0.15) is 11.4 Å². The summed E-state index contributed by atoms with van der Waals surface area (Å²) in [5.74, 6) is 0.533. The van der Waals surface area contributed by atoms with Crippen LogP contribution in [0, 0.1) is 23.2 Å². The third-order valence-corrected chi connectivity index (χ3v) is 9.15. The minimum atomic E-state index is -0.995. The van der Waals surface area contributed by atoms with E-state index < -0.39 is 5.54 Å². The molecule has 3 fully saturated rings. The lowest BCUT2D eigenvalue weighted by molar-refractivity contribution is -0.133. The third-order valence-electron chi connectivity index (χ3n) is 8.27. The Bertz CT molecular complexity index is 1550. The second kappa shape index (κ2) is 10.8. The predicted octanol–water partition coefficient (Wildman–Crippen LogP) is 3.73. The van der Waals surface area contributed by atoms with Crippen molar-refractivity contribution in [2.24, 2.45) is 11.8 Å². The van der Waals surface area contributed by atoms with Gasteiger partial charge in [-0.2, -0.15) is 5.26 Å². The SMILES string of the molecule is C=CCC1(Cc2ccncc2)N/C(=C\C(=O)c2ccc(C#N)cc2)N(C2C3CN(C(=O)Cc4cccs4)CC32)C1=O. The molecule has 1 saturated carbocycles. The average molecular weight is 564 g/mol. The highest BCUT2D eigenvalue weighted by Gasteiger charge is 2.64. The topological polar surface area (TPSA) is 106 Å². The van der Waals surface area contributed by atoms with E-state index in [2.05, 4.69) is 22.9 Å². The van der Waals surface area contributed by atoms with Gasteiger partial charge in [0.15, 0.2) is 5.78 Å². The number of likely N-dealkylation sites (tertiary alicyclic amines) is 1. The highest BCUT2D eigenvalue weighted by Crippen LogP contribution is 2.52. The van der Waals surface area contributed by atoms with Crippen LogP contribution < -0.4 is 5.32 Å². The molecule has 1 aliphatic carbocycles. The molecule has 2 aliphatic heterocycles. The third kappa shape index (κ3) is 5.07. The number of aromatic nitrogens is 1. The van der Waals surface area contributed by atoms with E-state index in [-0.39, 0.29) is 35.5 Å². The van der Waals surface area contributed by atoms with E-state index in [0.29, 0.717) is 49.3 Å². The molecule has 0 spiro atoms. The van der Waals surface area contributed by atoms with E-state index in [1.807, 2.05) is 34.5 Å².